The van der Waals surface area contributed by atoms with Crippen molar-refractivity contribution in [2.75, 3.05) is 6.54 Å². The fourth-order valence-corrected chi connectivity index (χ4v) is 4.35. The summed E-state index contributed by atoms with van der Waals surface area (Å²) in [6.07, 6.45) is 3.37. The van der Waals surface area contributed by atoms with Crippen LogP contribution in [-0.4, -0.2) is 34.1 Å². The minimum atomic E-state index is -1.44. The highest BCUT2D eigenvalue weighted by Gasteiger charge is 2.54. The van der Waals surface area contributed by atoms with Crippen molar-refractivity contribution >= 4 is 5.91 Å². The molecule has 1 aliphatic carbocycles. The van der Waals surface area contributed by atoms with Gasteiger partial charge in [-0.25, -0.2) is 8.78 Å². The van der Waals surface area contributed by atoms with Gasteiger partial charge in [0.15, 0.2) is 0 Å². The Morgan fingerprint density at radius 3 is 2.57 bits per heavy atom. The van der Waals surface area contributed by atoms with Crippen LogP contribution in [0.15, 0.2) is 42.5 Å². The number of halogens is 2. The molecule has 1 saturated carbocycles. The van der Waals surface area contributed by atoms with E-state index in [0.29, 0.717) is 29.7 Å². The van der Waals surface area contributed by atoms with Crippen LogP contribution in [0, 0.1) is 17.0 Å². The normalized spacial score (nSPS) is 20.6. The Balaban J connectivity index is 1.63. The van der Waals surface area contributed by atoms with Crippen LogP contribution in [0.2, 0.25) is 0 Å². The number of carbonyl (C=O) groups excluding carboxylic acids is 1. The third-order valence-electron chi connectivity index (χ3n) is 6.03. The Morgan fingerprint density at radius 1 is 1.21 bits per heavy atom. The van der Waals surface area contributed by atoms with Gasteiger partial charge in [0, 0.05) is 18.2 Å². The highest BCUT2D eigenvalue weighted by atomic mass is 19.1. The number of rotatable bonds is 4. The molecule has 2 aromatic rings. The second kappa shape index (κ2) is 6.66. The summed E-state index contributed by atoms with van der Waals surface area (Å²) in [5.74, 6) is -1.08. The lowest BCUT2D eigenvalue weighted by atomic mass is 9.95. The number of carbonyl (C=O) groups is 1. The maximum absolute atomic E-state index is 15.2. The molecule has 0 radical (unpaired) electrons. The van der Waals surface area contributed by atoms with Crippen molar-refractivity contribution in [1.29, 1.82) is 0 Å². The first-order valence-corrected chi connectivity index (χ1v) is 9.75. The molecule has 1 atom stereocenters. The minimum Gasteiger partial charge on any atom is -0.381 e. The average Bonchev–Trinajstić information content (AvgIpc) is 3.28. The summed E-state index contributed by atoms with van der Waals surface area (Å²) in [6.45, 7) is 3.62. The fraction of sp³-hybridized carbons (Fsp3) is 0.435. The van der Waals surface area contributed by atoms with E-state index < -0.39 is 11.4 Å². The molecule has 2 fully saturated rings. The lowest BCUT2D eigenvalue weighted by Gasteiger charge is -2.30. The Morgan fingerprint density at radius 2 is 1.93 bits per heavy atom. The molecular formula is C23H25F2NO2. The number of hydrogen-bond acceptors (Lipinski definition) is 2. The van der Waals surface area contributed by atoms with Crippen molar-refractivity contribution in [3.8, 4) is 11.1 Å². The van der Waals surface area contributed by atoms with Crippen molar-refractivity contribution < 1.29 is 18.7 Å². The van der Waals surface area contributed by atoms with E-state index in [1.165, 1.54) is 26.0 Å². The predicted octanol–water partition coefficient (Wildman–Crippen LogP) is 4.33. The Hall–Kier alpha value is -2.27. The van der Waals surface area contributed by atoms with Crippen molar-refractivity contribution in [1.82, 2.24) is 4.90 Å². The van der Waals surface area contributed by atoms with Gasteiger partial charge in [-0.2, -0.15) is 0 Å². The Labute approximate surface area is 164 Å². The molecule has 3 nitrogen and oxygen atoms in total. The van der Waals surface area contributed by atoms with Crippen LogP contribution in [0.4, 0.5) is 8.78 Å². The molecule has 1 N–H and O–H groups in total. The SMILES string of the molecule is CC(C)(O)C(=O)N1CC2(CC2)C[C@@H]1Cc1cccc(-c2cccc(F)c2)c1F. The monoisotopic (exact) mass is 385 g/mol. The highest BCUT2D eigenvalue weighted by molar-refractivity contribution is 5.84. The van der Waals surface area contributed by atoms with E-state index >= 15 is 4.39 Å². The first-order chi connectivity index (χ1) is 13.2. The Kier molecular flexibility index (Phi) is 4.53. The van der Waals surface area contributed by atoms with Gasteiger partial charge in [0.1, 0.15) is 17.2 Å². The standard InChI is InChI=1S/C23H25F2NO2/c1-22(2,28)21(27)26-14-23(9-10-23)13-18(26)12-16-6-4-8-19(20(16)25)15-5-3-7-17(24)11-15/h3-8,11,18,28H,9-10,12-14H2,1-2H3/t18-/m0/s1. The summed E-state index contributed by atoms with van der Waals surface area (Å²) in [5, 5.41) is 10.2. The summed E-state index contributed by atoms with van der Waals surface area (Å²) < 4.78 is 28.8. The molecule has 2 aliphatic rings. The maximum Gasteiger partial charge on any atom is 0.254 e. The molecule has 1 aliphatic heterocycles. The molecule has 4 rings (SSSR count). The van der Waals surface area contributed by atoms with E-state index in [1.54, 1.807) is 35.2 Å². The van der Waals surface area contributed by atoms with Gasteiger partial charge < -0.3 is 10.0 Å². The zero-order valence-electron chi connectivity index (χ0n) is 16.2. The van der Waals surface area contributed by atoms with Gasteiger partial charge in [-0.1, -0.05) is 30.3 Å². The first kappa shape index (κ1) is 19.1. The van der Waals surface area contributed by atoms with E-state index in [-0.39, 0.29) is 23.2 Å². The van der Waals surface area contributed by atoms with Crippen molar-refractivity contribution in [2.45, 2.75) is 51.2 Å². The molecule has 2 aromatic carbocycles. The molecule has 28 heavy (non-hydrogen) atoms. The molecule has 0 bridgehead atoms. The number of benzene rings is 2. The molecule has 1 amide bonds. The van der Waals surface area contributed by atoms with Crippen LogP contribution in [0.1, 0.15) is 38.7 Å². The zero-order chi connectivity index (χ0) is 20.1. The molecule has 5 heteroatoms. The van der Waals surface area contributed by atoms with Gasteiger partial charge >= 0.3 is 0 Å². The molecular weight excluding hydrogens is 360 g/mol. The smallest absolute Gasteiger partial charge is 0.254 e. The fourth-order valence-electron chi connectivity index (χ4n) is 4.35. The number of likely N-dealkylation sites (tertiary alicyclic amines) is 1. The molecule has 0 aromatic heterocycles. The lowest BCUT2D eigenvalue weighted by Crippen LogP contribution is -2.48. The van der Waals surface area contributed by atoms with Crippen LogP contribution >= 0.6 is 0 Å². The molecule has 0 unspecified atom stereocenters. The van der Waals surface area contributed by atoms with Gasteiger partial charge in [-0.3, -0.25) is 4.79 Å². The predicted molar refractivity (Wildman–Crippen MR) is 104 cm³/mol. The van der Waals surface area contributed by atoms with Gasteiger partial charge in [0.05, 0.1) is 0 Å². The van der Waals surface area contributed by atoms with Gasteiger partial charge in [0.25, 0.3) is 5.91 Å². The Bertz CT molecular complexity index is 915. The van der Waals surface area contributed by atoms with Gasteiger partial charge in [-0.15, -0.1) is 0 Å². The van der Waals surface area contributed by atoms with Gasteiger partial charge in [-0.05, 0) is 68.2 Å². The topological polar surface area (TPSA) is 40.5 Å². The third kappa shape index (κ3) is 3.55. The largest absolute Gasteiger partial charge is 0.381 e. The zero-order valence-corrected chi connectivity index (χ0v) is 16.2. The van der Waals surface area contributed by atoms with E-state index in [9.17, 15) is 14.3 Å². The first-order valence-electron chi connectivity index (χ1n) is 9.75. The molecule has 1 spiro atoms. The van der Waals surface area contributed by atoms with Crippen LogP contribution < -0.4 is 0 Å². The van der Waals surface area contributed by atoms with Crippen LogP contribution in [-0.2, 0) is 11.2 Å². The van der Waals surface area contributed by atoms with Crippen molar-refractivity contribution in [3.05, 3.63) is 59.7 Å². The van der Waals surface area contributed by atoms with E-state index in [2.05, 4.69) is 0 Å². The highest BCUT2D eigenvalue weighted by Crippen LogP contribution is 2.55. The lowest BCUT2D eigenvalue weighted by molar-refractivity contribution is -0.148. The summed E-state index contributed by atoms with van der Waals surface area (Å²) in [7, 11) is 0. The number of hydrogen-bond donors (Lipinski definition) is 1. The quantitative estimate of drug-likeness (QED) is 0.851. The second-order valence-electron chi connectivity index (χ2n) is 8.84. The summed E-state index contributed by atoms with van der Waals surface area (Å²) in [6, 6.07) is 10.9. The van der Waals surface area contributed by atoms with Crippen LogP contribution in [0.3, 0.4) is 0 Å². The second-order valence-corrected chi connectivity index (χ2v) is 8.84. The van der Waals surface area contributed by atoms with Crippen LogP contribution in [0.5, 0.6) is 0 Å². The minimum absolute atomic E-state index is 0.140. The molecule has 1 saturated heterocycles. The van der Waals surface area contributed by atoms with E-state index in [1.807, 2.05) is 0 Å². The third-order valence-corrected chi connectivity index (χ3v) is 6.03. The number of nitrogens with zero attached hydrogens (tertiary/aromatic N) is 1. The molecule has 148 valence electrons. The van der Waals surface area contributed by atoms with Crippen molar-refractivity contribution in [3.63, 3.8) is 0 Å². The number of aliphatic hydroxyl groups is 1. The average molecular weight is 385 g/mol. The van der Waals surface area contributed by atoms with E-state index in [0.717, 1.165) is 19.3 Å². The van der Waals surface area contributed by atoms with Crippen LogP contribution in [0.25, 0.3) is 11.1 Å². The van der Waals surface area contributed by atoms with E-state index in [4.69, 9.17) is 0 Å². The van der Waals surface area contributed by atoms with Crippen molar-refractivity contribution in [2.24, 2.45) is 5.41 Å². The summed E-state index contributed by atoms with van der Waals surface area (Å²) in [4.78, 5) is 14.5. The summed E-state index contributed by atoms with van der Waals surface area (Å²) >= 11 is 0. The van der Waals surface area contributed by atoms with Gasteiger partial charge in [0.2, 0.25) is 0 Å². The summed E-state index contributed by atoms with van der Waals surface area (Å²) in [5.41, 5.74) is 0.0615. The molecule has 1 heterocycles. The number of amides is 1. The maximum atomic E-state index is 15.2.